The minimum Gasteiger partial charge on any atom is -0.495 e. The number of halogens is 3. The lowest BCUT2D eigenvalue weighted by atomic mass is 10.0. The second-order valence-corrected chi connectivity index (χ2v) is 8.52. The number of aliphatic imine (C=N–C) groups is 1. The zero-order chi connectivity index (χ0) is 27.4. The molecular weight excluding hydrogens is 505 g/mol. The molecule has 200 valence electrons. The predicted octanol–water partition coefficient (Wildman–Crippen LogP) is 4.57. The molecule has 12 heteroatoms. The lowest BCUT2D eigenvalue weighted by Crippen LogP contribution is -2.48. The summed E-state index contributed by atoms with van der Waals surface area (Å²) in [6.07, 6.45) is -3.44. The van der Waals surface area contributed by atoms with Crippen molar-refractivity contribution in [1.29, 1.82) is 0 Å². The quantitative estimate of drug-likeness (QED) is 0.433. The zero-order valence-electron chi connectivity index (χ0n) is 20.8. The molecule has 1 aliphatic rings. The fourth-order valence-corrected chi connectivity index (χ4v) is 4.22. The Morgan fingerprint density at radius 1 is 1.16 bits per heavy atom. The summed E-state index contributed by atoms with van der Waals surface area (Å²) in [6, 6.07) is 9.65. The molecule has 0 saturated carbocycles. The average molecular weight is 531 g/mol. The highest BCUT2D eigenvalue weighted by Gasteiger charge is 2.33. The number of nitrogens with one attached hydrogen (secondary N) is 2. The van der Waals surface area contributed by atoms with Crippen molar-refractivity contribution >= 4 is 23.2 Å². The van der Waals surface area contributed by atoms with Gasteiger partial charge in [-0.25, -0.2) is 0 Å². The molecule has 2 aromatic carbocycles. The number of aromatic nitrogens is 1. The van der Waals surface area contributed by atoms with Gasteiger partial charge in [0, 0.05) is 23.9 Å². The van der Waals surface area contributed by atoms with Crippen molar-refractivity contribution in [2.75, 3.05) is 19.5 Å². The lowest BCUT2D eigenvalue weighted by molar-refractivity contribution is -0.274. The van der Waals surface area contributed by atoms with Gasteiger partial charge >= 0.3 is 6.36 Å². The second-order valence-electron chi connectivity index (χ2n) is 8.52. The molecule has 3 aromatic rings. The number of nitrogens with zero attached hydrogens (tertiary/aromatic N) is 2. The number of carbonyl (C=O) groups is 2. The number of para-hydroxylation sites is 2. The van der Waals surface area contributed by atoms with E-state index in [0.717, 1.165) is 0 Å². The molecule has 1 heterocycles. The van der Waals surface area contributed by atoms with E-state index in [-0.39, 0.29) is 17.2 Å². The summed E-state index contributed by atoms with van der Waals surface area (Å²) in [4.78, 5) is 30.5. The van der Waals surface area contributed by atoms with Crippen molar-refractivity contribution < 1.29 is 36.8 Å². The SMILES string of the molecule is CN=C(C)C(NC(=O)c1noc2c1CCCc1cc(OC(F)(F)F)ccc1-2)C(=O)Nc1ccccc1OC. The van der Waals surface area contributed by atoms with Gasteiger partial charge in [-0.1, -0.05) is 17.3 Å². The van der Waals surface area contributed by atoms with E-state index in [2.05, 4.69) is 25.5 Å². The Kier molecular flexibility index (Phi) is 7.70. The minimum atomic E-state index is -4.81. The van der Waals surface area contributed by atoms with Gasteiger partial charge in [0.2, 0.25) is 0 Å². The molecule has 9 nitrogen and oxygen atoms in total. The fourth-order valence-electron chi connectivity index (χ4n) is 4.22. The molecule has 4 rings (SSSR count). The van der Waals surface area contributed by atoms with Crippen LogP contribution in [0.4, 0.5) is 18.9 Å². The van der Waals surface area contributed by atoms with Gasteiger partial charge in [0.1, 0.15) is 17.5 Å². The van der Waals surface area contributed by atoms with Crippen molar-refractivity contribution in [3.63, 3.8) is 0 Å². The van der Waals surface area contributed by atoms with Crippen LogP contribution < -0.4 is 20.1 Å². The van der Waals surface area contributed by atoms with E-state index in [4.69, 9.17) is 9.26 Å². The Morgan fingerprint density at radius 3 is 2.63 bits per heavy atom. The number of benzene rings is 2. The number of anilines is 1. The van der Waals surface area contributed by atoms with Crippen LogP contribution >= 0.6 is 0 Å². The molecule has 1 aliphatic carbocycles. The van der Waals surface area contributed by atoms with Crippen LogP contribution in [0.3, 0.4) is 0 Å². The van der Waals surface area contributed by atoms with E-state index in [1.54, 1.807) is 31.2 Å². The number of alkyl halides is 3. The highest BCUT2D eigenvalue weighted by atomic mass is 19.4. The van der Waals surface area contributed by atoms with Gasteiger partial charge in [-0.3, -0.25) is 14.6 Å². The Balaban J connectivity index is 1.59. The molecule has 1 unspecified atom stereocenters. The van der Waals surface area contributed by atoms with Crippen LogP contribution in [0.2, 0.25) is 0 Å². The van der Waals surface area contributed by atoms with Gasteiger partial charge in [0.15, 0.2) is 11.5 Å². The fraction of sp³-hybridized carbons (Fsp3) is 0.308. The van der Waals surface area contributed by atoms with Crippen molar-refractivity contribution in [3.05, 3.63) is 59.3 Å². The second kappa shape index (κ2) is 11.0. The van der Waals surface area contributed by atoms with E-state index in [9.17, 15) is 22.8 Å². The minimum absolute atomic E-state index is 0.0116. The van der Waals surface area contributed by atoms with Crippen molar-refractivity contribution in [1.82, 2.24) is 10.5 Å². The van der Waals surface area contributed by atoms with Gasteiger partial charge in [-0.15, -0.1) is 13.2 Å². The first-order chi connectivity index (χ1) is 18.1. The summed E-state index contributed by atoms with van der Waals surface area (Å²) in [7, 11) is 2.97. The largest absolute Gasteiger partial charge is 0.573 e. The molecule has 0 radical (unpaired) electrons. The van der Waals surface area contributed by atoms with Gasteiger partial charge in [-0.2, -0.15) is 0 Å². The first kappa shape index (κ1) is 26.7. The Labute approximate surface area is 216 Å². The Bertz CT molecular complexity index is 1380. The molecule has 0 aliphatic heterocycles. The van der Waals surface area contributed by atoms with Crippen LogP contribution in [-0.4, -0.2) is 49.2 Å². The van der Waals surface area contributed by atoms with Crippen molar-refractivity contribution in [2.45, 2.75) is 38.6 Å². The van der Waals surface area contributed by atoms with E-state index in [1.165, 1.54) is 32.4 Å². The number of carbonyl (C=O) groups excluding carboxylic acids is 2. The molecule has 0 fully saturated rings. The van der Waals surface area contributed by atoms with E-state index < -0.39 is 24.2 Å². The summed E-state index contributed by atoms with van der Waals surface area (Å²) < 4.78 is 52.7. The standard InChI is InChI=1S/C26H25F3N4O5/c1-14(30-2)21(24(34)31-19-9-4-5-10-20(19)36-3)32-25(35)22-18-8-6-7-15-13-16(37-26(27,28)29)11-12-17(15)23(18)38-33-22/h4-5,9-13,21H,6-8H2,1-3H3,(H,31,34)(H,32,35). The number of ether oxygens (including phenoxy) is 2. The van der Waals surface area contributed by atoms with Crippen LogP contribution in [0.15, 0.2) is 52.0 Å². The molecular formula is C26H25F3N4O5. The van der Waals surface area contributed by atoms with Crippen molar-refractivity contribution in [3.8, 4) is 22.8 Å². The summed E-state index contributed by atoms with van der Waals surface area (Å²) in [6.45, 7) is 1.60. The summed E-state index contributed by atoms with van der Waals surface area (Å²) >= 11 is 0. The summed E-state index contributed by atoms with van der Waals surface area (Å²) in [5.41, 5.74) is 2.36. The molecule has 1 atom stereocenters. The number of hydrogen-bond donors (Lipinski definition) is 2. The van der Waals surface area contributed by atoms with Gasteiger partial charge < -0.3 is 24.6 Å². The number of amides is 2. The molecule has 1 aromatic heterocycles. The summed E-state index contributed by atoms with van der Waals surface area (Å²) in [5.74, 6) is -0.796. The molecule has 2 amide bonds. The van der Waals surface area contributed by atoms with Gasteiger partial charge in [0.05, 0.1) is 12.8 Å². The van der Waals surface area contributed by atoms with Gasteiger partial charge in [-0.05, 0) is 62.1 Å². The van der Waals surface area contributed by atoms with Crippen LogP contribution in [0, 0.1) is 0 Å². The monoisotopic (exact) mass is 530 g/mol. The van der Waals surface area contributed by atoms with E-state index in [1.807, 2.05) is 0 Å². The maximum atomic E-state index is 13.3. The highest BCUT2D eigenvalue weighted by molar-refractivity contribution is 6.15. The molecule has 2 N–H and O–H groups in total. The average Bonchev–Trinajstić information content (AvgIpc) is 3.21. The van der Waals surface area contributed by atoms with Crippen LogP contribution in [-0.2, 0) is 17.6 Å². The van der Waals surface area contributed by atoms with Gasteiger partial charge in [0.25, 0.3) is 11.8 Å². The number of hydrogen-bond acceptors (Lipinski definition) is 7. The number of aryl methyl sites for hydroxylation is 1. The van der Waals surface area contributed by atoms with E-state index in [0.29, 0.717) is 53.1 Å². The maximum Gasteiger partial charge on any atom is 0.573 e. The van der Waals surface area contributed by atoms with Crippen LogP contribution in [0.5, 0.6) is 11.5 Å². The molecule has 0 spiro atoms. The number of rotatable bonds is 7. The predicted molar refractivity (Wildman–Crippen MR) is 133 cm³/mol. The smallest absolute Gasteiger partial charge is 0.495 e. The summed E-state index contributed by atoms with van der Waals surface area (Å²) in [5, 5.41) is 9.34. The van der Waals surface area contributed by atoms with Crippen molar-refractivity contribution in [2.24, 2.45) is 4.99 Å². The highest BCUT2D eigenvalue weighted by Crippen LogP contribution is 2.37. The third kappa shape index (κ3) is 5.79. The third-order valence-corrected chi connectivity index (χ3v) is 6.10. The topological polar surface area (TPSA) is 115 Å². The maximum absolute atomic E-state index is 13.3. The first-order valence-electron chi connectivity index (χ1n) is 11.7. The third-order valence-electron chi connectivity index (χ3n) is 6.10. The Morgan fingerprint density at radius 2 is 1.92 bits per heavy atom. The van der Waals surface area contributed by atoms with Crippen LogP contribution in [0.25, 0.3) is 11.3 Å². The first-order valence-corrected chi connectivity index (χ1v) is 11.7. The molecule has 0 saturated heterocycles. The Hall–Kier alpha value is -4.35. The number of fused-ring (bicyclic) bond motifs is 3. The number of methoxy groups -OCH3 is 1. The molecule has 0 bridgehead atoms. The lowest BCUT2D eigenvalue weighted by Gasteiger charge is -2.19. The van der Waals surface area contributed by atoms with Crippen LogP contribution in [0.1, 0.15) is 35.0 Å². The normalized spacial score (nSPS) is 14.0. The van der Waals surface area contributed by atoms with E-state index >= 15 is 0 Å². The molecule has 38 heavy (non-hydrogen) atoms. The zero-order valence-corrected chi connectivity index (χ0v) is 20.8.